The van der Waals surface area contributed by atoms with Gasteiger partial charge in [-0.05, 0) is 31.5 Å². The number of rotatable bonds is 6. The van der Waals surface area contributed by atoms with E-state index in [9.17, 15) is 4.79 Å². The lowest BCUT2D eigenvalue weighted by molar-refractivity contribution is 0.0696. The highest BCUT2D eigenvalue weighted by Gasteiger charge is 2.16. The average molecular weight is 321 g/mol. The van der Waals surface area contributed by atoms with E-state index in [1.807, 2.05) is 38.1 Å². The second-order valence-corrected chi connectivity index (χ2v) is 5.20. The Kier molecular flexibility index (Phi) is 5.28. The first-order chi connectivity index (χ1) is 10.5. The van der Waals surface area contributed by atoms with Crippen LogP contribution in [0.4, 0.5) is 0 Å². The third kappa shape index (κ3) is 3.92. The number of hydrogen-bond acceptors (Lipinski definition) is 3. The van der Waals surface area contributed by atoms with Crippen LogP contribution in [0.1, 0.15) is 28.4 Å². The van der Waals surface area contributed by atoms with Gasteiger partial charge in [0, 0.05) is 0 Å². The first kappa shape index (κ1) is 16.2. The number of aromatic carboxylic acids is 1. The zero-order valence-electron chi connectivity index (χ0n) is 12.4. The molecule has 0 aromatic heterocycles. The quantitative estimate of drug-likeness (QED) is 0.861. The summed E-state index contributed by atoms with van der Waals surface area (Å²) in [5.41, 5.74) is 2.23. The van der Waals surface area contributed by atoms with Crippen LogP contribution >= 0.6 is 11.6 Å². The van der Waals surface area contributed by atoms with Crippen LogP contribution in [-0.4, -0.2) is 17.7 Å². The predicted molar refractivity (Wildman–Crippen MR) is 85.1 cm³/mol. The van der Waals surface area contributed by atoms with Crippen LogP contribution in [0.25, 0.3) is 0 Å². The standard InChI is InChI=1S/C17H17ClO4/c1-3-21-15-9-13(17(19)20)8-14(18)16(15)22-10-12-6-4-11(2)5-7-12/h4-9H,3,10H2,1-2H3,(H,19,20). The molecule has 0 fully saturated rings. The maximum atomic E-state index is 11.1. The minimum atomic E-state index is -1.06. The highest BCUT2D eigenvalue weighted by molar-refractivity contribution is 6.32. The smallest absolute Gasteiger partial charge is 0.335 e. The monoisotopic (exact) mass is 320 g/mol. The molecule has 5 heteroatoms. The van der Waals surface area contributed by atoms with E-state index in [1.54, 1.807) is 0 Å². The number of ether oxygens (including phenoxy) is 2. The number of carboxylic acid groups (broad SMARTS) is 1. The molecule has 0 aliphatic rings. The molecule has 0 amide bonds. The van der Waals surface area contributed by atoms with Crippen molar-refractivity contribution in [2.45, 2.75) is 20.5 Å². The summed E-state index contributed by atoms with van der Waals surface area (Å²) < 4.78 is 11.2. The van der Waals surface area contributed by atoms with Gasteiger partial charge in [0.2, 0.25) is 0 Å². The molecule has 0 bridgehead atoms. The van der Waals surface area contributed by atoms with Gasteiger partial charge in [-0.2, -0.15) is 0 Å². The molecular weight excluding hydrogens is 304 g/mol. The van der Waals surface area contributed by atoms with Crippen LogP contribution in [0.2, 0.25) is 5.02 Å². The molecule has 0 unspecified atom stereocenters. The number of aryl methyl sites for hydroxylation is 1. The second kappa shape index (κ2) is 7.18. The number of carboxylic acids is 1. The molecule has 2 rings (SSSR count). The van der Waals surface area contributed by atoms with E-state index < -0.39 is 5.97 Å². The van der Waals surface area contributed by atoms with Crippen molar-refractivity contribution in [2.24, 2.45) is 0 Å². The van der Waals surface area contributed by atoms with Gasteiger partial charge < -0.3 is 14.6 Å². The summed E-state index contributed by atoms with van der Waals surface area (Å²) >= 11 is 6.14. The molecule has 2 aromatic carbocycles. The molecule has 0 aliphatic carbocycles. The summed E-state index contributed by atoms with van der Waals surface area (Å²) in [5, 5.41) is 9.29. The Labute approximate surface area is 134 Å². The minimum Gasteiger partial charge on any atom is -0.490 e. The van der Waals surface area contributed by atoms with Gasteiger partial charge in [-0.1, -0.05) is 41.4 Å². The van der Waals surface area contributed by atoms with Gasteiger partial charge in [-0.3, -0.25) is 0 Å². The van der Waals surface area contributed by atoms with E-state index in [0.29, 0.717) is 24.7 Å². The molecule has 0 heterocycles. The molecule has 4 nitrogen and oxygen atoms in total. The molecular formula is C17H17ClO4. The zero-order chi connectivity index (χ0) is 16.1. The van der Waals surface area contributed by atoms with Gasteiger partial charge >= 0.3 is 5.97 Å². The van der Waals surface area contributed by atoms with E-state index in [-0.39, 0.29) is 10.6 Å². The first-order valence-electron chi connectivity index (χ1n) is 6.89. The highest BCUT2D eigenvalue weighted by Crippen LogP contribution is 2.37. The molecule has 0 aliphatic heterocycles. The summed E-state index contributed by atoms with van der Waals surface area (Å²) in [7, 11) is 0. The van der Waals surface area contributed by atoms with Gasteiger partial charge in [0.25, 0.3) is 0 Å². The largest absolute Gasteiger partial charge is 0.490 e. The molecule has 1 N–H and O–H groups in total. The summed E-state index contributed by atoms with van der Waals surface area (Å²) in [6.07, 6.45) is 0. The van der Waals surface area contributed by atoms with Crippen molar-refractivity contribution in [1.29, 1.82) is 0 Å². The maximum absolute atomic E-state index is 11.1. The lowest BCUT2D eigenvalue weighted by Crippen LogP contribution is -2.03. The third-order valence-corrected chi connectivity index (χ3v) is 3.34. The van der Waals surface area contributed by atoms with Crippen molar-refractivity contribution >= 4 is 17.6 Å². The highest BCUT2D eigenvalue weighted by atomic mass is 35.5. The van der Waals surface area contributed by atoms with Gasteiger partial charge in [-0.15, -0.1) is 0 Å². The zero-order valence-corrected chi connectivity index (χ0v) is 13.2. The minimum absolute atomic E-state index is 0.0659. The lowest BCUT2D eigenvalue weighted by Gasteiger charge is -2.14. The summed E-state index contributed by atoms with van der Waals surface area (Å²) in [4.78, 5) is 11.1. The van der Waals surface area contributed by atoms with Gasteiger partial charge in [0.05, 0.1) is 17.2 Å². The van der Waals surface area contributed by atoms with Gasteiger partial charge in [0.15, 0.2) is 11.5 Å². The molecule has 116 valence electrons. The van der Waals surface area contributed by atoms with E-state index in [1.165, 1.54) is 17.7 Å². The Balaban J connectivity index is 2.25. The molecule has 0 spiro atoms. The third-order valence-electron chi connectivity index (χ3n) is 3.06. The molecule has 0 saturated heterocycles. The van der Waals surface area contributed by atoms with E-state index >= 15 is 0 Å². The Bertz CT molecular complexity index is 665. The molecule has 0 atom stereocenters. The van der Waals surface area contributed by atoms with Crippen LogP contribution in [0, 0.1) is 6.92 Å². The Morgan fingerprint density at radius 3 is 2.45 bits per heavy atom. The Hall–Kier alpha value is -2.20. The average Bonchev–Trinajstić information content (AvgIpc) is 2.48. The number of halogens is 1. The van der Waals surface area contributed by atoms with Crippen molar-refractivity contribution < 1.29 is 19.4 Å². The normalized spacial score (nSPS) is 10.3. The van der Waals surface area contributed by atoms with Crippen molar-refractivity contribution in [3.63, 3.8) is 0 Å². The molecule has 0 saturated carbocycles. The number of benzene rings is 2. The fraction of sp³-hybridized carbons (Fsp3) is 0.235. The Morgan fingerprint density at radius 2 is 1.86 bits per heavy atom. The van der Waals surface area contributed by atoms with Crippen LogP contribution in [0.15, 0.2) is 36.4 Å². The first-order valence-corrected chi connectivity index (χ1v) is 7.27. The van der Waals surface area contributed by atoms with Crippen molar-refractivity contribution in [3.05, 3.63) is 58.1 Å². The number of carbonyl (C=O) groups is 1. The van der Waals surface area contributed by atoms with Crippen LogP contribution in [0.3, 0.4) is 0 Å². The summed E-state index contributed by atoms with van der Waals surface area (Å²) in [6, 6.07) is 10.7. The van der Waals surface area contributed by atoms with Crippen molar-refractivity contribution in [2.75, 3.05) is 6.61 Å². The van der Waals surface area contributed by atoms with E-state index in [4.69, 9.17) is 26.2 Å². The molecule has 2 aromatic rings. The maximum Gasteiger partial charge on any atom is 0.335 e. The summed E-state index contributed by atoms with van der Waals surface area (Å²) in [6.45, 7) is 4.54. The molecule has 0 radical (unpaired) electrons. The van der Waals surface area contributed by atoms with E-state index in [0.717, 1.165) is 5.56 Å². The number of hydrogen-bond donors (Lipinski definition) is 1. The topological polar surface area (TPSA) is 55.8 Å². The van der Waals surface area contributed by atoms with Crippen molar-refractivity contribution in [1.82, 2.24) is 0 Å². The van der Waals surface area contributed by atoms with Crippen LogP contribution < -0.4 is 9.47 Å². The lowest BCUT2D eigenvalue weighted by atomic mass is 10.1. The second-order valence-electron chi connectivity index (χ2n) is 4.80. The van der Waals surface area contributed by atoms with Crippen LogP contribution in [-0.2, 0) is 6.61 Å². The summed E-state index contributed by atoms with van der Waals surface area (Å²) in [5.74, 6) is -0.374. The van der Waals surface area contributed by atoms with Crippen molar-refractivity contribution in [3.8, 4) is 11.5 Å². The molecule has 22 heavy (non-hydrogen) atoms. The van der Waals surface area contributed by atoms with Crippen LogP contribution in [0.5, 0.6) is 11.5 Å². The SMILES string of the molecule is CCOc1cc(C(=O)O)cc(Cl)c1OCc1ccc(C)cc1. The fourth-order valence-corrected chi connectivity index (χ4v) is 2.20. The Morgan fingerprint density at radius 1 is 1.18 bits per heavy atom. The predicted octanol–water partition coefficient (Wildman–Crippen LogP) is 4.32. The van der Waals surface area contributed by atoms with Gasteiger partial charge in [0.1, 0.15) is 6.61 Å². The fourth-order valence-electron chi connectivity index (χ4n) is 1.93. The van der Waals surface area contributed by atoms with Gasteiger partial charge in [-0.25, -0.2) is 4.79 Å². The van der Waals surface area contributed by atoms with E-state index in [2.05, 4.69) is 0 Å².